The molecule has 0 aliphatic carbocycles. The van der Waals surface area contributed by atoms with Gasteiger partial charge in [0.1, 0.15) is 12.1 Å². The van der Waals surface area contributed by atoms with Crippen molar-refractivity contribution < 1.29 is 9.13 Å². The molecule has 3 heterocycles. The van der Waals surface area contributed by atoms with Crippen molar-refractivity contribution in [3.05, 3.63) is 66.2 Å². The lowest BCUT2D eigenvalue weighted by molar-refractivity contribution is 0.0588. The summed E-state index contributed by atoms with van der Waals surface area (Å²) in [7, 11) is 0. The van der Waals surface area contributed by atoms with Gasteiger partial charge in [0.15, 0.2) is 11.5 Å². The third-order valence-electron chi connectivity index (χ3n) is 4.69. The normalized spacial score (nSPS) is 24.8. The fraction of sp³-hybridized carbons (Fsp3) is 0.222. The van der Waals surface area contributed by atoms with Crippen molar-refractivity contribution in [2.45, 2.75) is 5.72 Å². The highest BCUT2D eigenvalue weighted by Crippen LogP contribution is 2.47. The van der Waals surface area contributed by atoms with E-state index >= 15 is 0 Å². The molecule has 0 bridgehead atoms. The Morgan fingerprint density at radius 2 is 1.83 bits per heavy atom. The lowest BCUT2D eigenvalue weighted by Gasteiger charge is -2.12. The molecule has 120 valence electrons. The van der Waals surface area contributed by atoms with Crippen molar-refractivity contribution in [2.24, 2.45) is 0 Å². The molecule has 1 aromatic heterocycles. The van der Waals surface area contributed by atoms with E-state index in [9.17, 15) is 4.39 Å². The van der Waals surface area contributed by atoms with E-state index in [-0.39, 0.29) is 11.5 Å². The minimum Gasteiger partial charge on any atom is -0.353 e. The monoisotopic (exact) mass is 322 g/mol. The molecule has 0 saturated carbocycles. The van der Waals surface area contributed by atoms with E-state index in [4.69, 9.17) is 4.74 Å². The van der Waals surface area contributed by atoms with Crippen LogP contribution in [0.5, 0.6) is 0 Å². The van der Waals surface area contributed by atoms with Crippen LogP contribution in [0.2, 0.25) is 0 Å². The van der Waals surface area contributed by atoms with Gasteiger partial charge in [0.05, 0.1) is 12.3 Å². The first-order chi connectivity index (χ1) is 11.7. The Kier molecular flexibility index (Phi) is 2.86. The summed E-state index contributed by atoms with van der Waals surface area (Å²) >= 11 is 0. The Bertz CT molecular complexity index is 890. The zero-order chi connectivity index (χ0) is 16.1. The zero-order valence-corrected chi connectivity index (χ0v) is 12.9. The second-order valence-electron chi connectivity index (χ2n) is 6.12. The maximum Gasteiger partial charge on any atom is 0.181 e. The summed E-state index contributed by atoms with van der Waals surface area (Å²) in [4.78, 5) is 6.63. The minimum atomic E-state index is -0.267. The number of hydrogen-bond acceptors (Lipinski definition) is 4. The van der Waals surface area contributed by atoms with E-state index in [0.717, 1.165) is 30.9 Å². The van der Waals surface area contributed by atoms with E-state index in [0.29, 0.717) is 5.82 Å². The van der Waals surface area contributed by atoms with E-state index in [1.54, 1.807) is 23.1 Å². The van der Waals surface area contributed by atoms with Crippen molar-refractivity contribution in [1.82, 2.24) is 19.7 Å². The van der Waals surface area contributed by atoms with Gasteiger partial charge in [0, 0.05) is 24.2 Å². The highest BCUT2D eigenvalue weighted by Gasteiger charge is 2.58. The summed E-state index contributed by atoms with van der Waals surface area (Å²) in [6.07, 6.45) is 1.67. The Morgan fingerprint density at radius 1 is 1.04 bits per heavy atom. The van der Waals surface area contributed by atoms with E-state index in [1.807, 2.05) is 12.1 Å². The molecule has 0 radical (unpaired) electrons. The molecule has 3 aromatic rings. The minimum absolute atomic E-state index is 0.180. The predicted molar refractivity (Wildman–Crippen MR) is 86.0 cm³/mol. The standard InChI is InChI=1S/C18H15FN4O/c19-15-5-1-13(2-6-15)17-20-12-23(21-17)16-7-3-14(4-8-16)18-11-22(18)9-10-24-18/h1-8,12H,9-11H2. The van der Waals surface area contributed by atoms with Gasteiger partial charge in [-0.05, 0) is 36.4 Å². The molecule has 2 atom stereocenters. The van der Waals surface area contributed by atoms with Crippen LogP contribution in [0.4, 0.5) is 4.39 Å². The molecule has 2 aliphatic heterocycles. The molecule has 6 heteroatoms. The number of fused-ring (bicyclic) bond motifs is 1. The Morgan fingerprint density at radius 3 is 2.50 bits per heavy atom. The molecule has 5 rings (SSSR count). The Hall–Kier alpha value is -2.57. The van der Waals surface area contributed by atoms with Crippen LogP contribution < -0.4 is 0 Å². The van der Waals surface area contributed by atoms with Gasteiger partial charge in [0.25, 0.3) is 0 Å². The maximum absolute atomic E-state index is 13.0. The molecule has 0 spiro atoms. The highest BCUT2D eigenvalue weighted by atomic mass is 19.1. The van der Waals surface area contributed by atoms with Crippen LogP contribution >= 0.6 is 0 Å². The second kappa shape index (κ2) is 4.96. The fourth-order valence-corrected chi connectivity index (χ4v) is 3.30. The van der Waals surface area contributed by atoms with Crippen LogP contribution in [0.3, 0.4) is 0 Å². The SMILES string of the molecule is Fc1ccc(-c2ncn(-c3ccc(C45CN4CCO5)cc3)n2)cc1. The third-order valence-corrected chi connectivity index (χ3v) is 4.69. The van der Waals surface area contributed by atoms with Crippen molar-refractivity contribution in [3.63, 3.8) is 0 Å². The van der Waals surface area contributed by atoms with Gasteiger partial charge in [-0.1, -0.05) is 12.1 Å². The van der Waals surface area contributed by atoms with Gasteiger partial charge in [-0.3, -0.25) is 4.90 Å². The van der Waals surface area contributed by atoms with Crippen LogP contribution in [0, 0.1) is 5.82 Å². The summed E-state index contributed by atoms with van der Waals surface area (Å²) in [5.74, 6) is 0.307. The summed E-state index contributed by atoms with van der Waals surface area (Å²) in [6, 6.07) is 14.4. The van der Waals surface area contributed by atoms with Gasteiger partial charge in [0.2, 0.25) is 0 Å². The highest BCUT2D eigenvalue weighted by molar-refractivity contribution is 5.54. The molecule has 0 amide bonds. The number of hydrogen-bond donors (Lipinski definition) is 0. The average Bonchev–Trinajstić information content (AvgIpc) is 2.99. The predicted octanol–water partition coefficient (Wildman–Crippen LogP) is 2.57. The van der Waals surface area contributed by atoms with Crippen LogP contribution in [0.1, 0.15) is 5.56 Å². The molecule has 24 heavy (non-hydrogen) atoms. The molecule has 5 nitrogen and oxygen atoms in total. The molecule has 2 saturated heterocycles. The quantitative estimate of drug-likeness (QED) is 0.695. The first-order valence-corrected chi connectivity index (χ1v) is 7.92. The van der Waals surface area contributed by atoms with E-state index in [1.165, 1.54) is 17.7 Å². The summed E-state index contributed by atoms with van der Waals surface area (Å²) in [5, 5.41) is 4.48. The topological polar surface area (TPSA) is 43.0 Å². The van der Waals surface area contributed by atoms with Crippen molar-refractivity contribution >= 4 is 0 Å². The molecule has 2 fully saturated rings. The molecular formula is C18H15FN4O. The third kappa shape index (κ3) is 2.07. The second-order valence-corrected chi connectivity index (χ2v) is 6.12. The number of morpholine rings is 1. The molecule has 0 N–H and O–H groups in total. The van der Waals surface area contributed by atoms with Crippen molar-refractivity contribution in [2.75, 3.05) is 19.7 Å². The fourth-order valence-electron chi connectivity index (χ4n) is 3.30. The summed E-state index contributed by atoms with van der Waals surface area (Å²) in [6.45, 7) is 2.78. The van der Waals surface area contributed by atoms with E-state index in [2.05, 4.69) is 27.1 Å². The van der Waals surface area contributed by atoms with E-state index < -0.39 is 0 Å². The van der Waals surface area contributed by atoms with Crippen LogP contribution in [0.25, 0.3) is 17.1 Å². The number of ether oxygens (including phenoxy) is 1. The smallest absolute Gasteiger partial charge is 0.181 e. The first kappa shape index (κ1) is 13.8. The maximum atomic E-state index is 13.0. The number of nitrogens with zero attached hydrogens (tertiary/aromatic N) is 4. The Labute approximate surface area is 138 Å². The van der Waals surface area contributed by atoms with Crippen molar-refractivity contribution in [1.29, 1.82) is 0 Å². The number of rotatable bonds is 3. The van der Waals surface area contributed by atoms with Gasteiger partial charge in [-0.25, -0.2) is 14.1 Å². The van der Waals surface area contributed by atoms with Gasteiger partial charge in [-0.2, -0.15) is 0 Å². The lowest BCUT2D eigenvalue weighted by atomic mass is 10.1. The number of aromatic nitrogens is 3. The molecular weight excluding hydrogens is 307 g/mol. The van der Waals surface area contributed by atoms with Gasteiger partial charge in [-0.15, -0.1) is 5.10 Å². The van der Waals surface area contributed by atoms with Gasteiger partial charge >= 0.3 is 0 Å². The van der Waals surface area contributed by atoms with Gasteiger partial charge < -0.3 is 4.74 Å². The number of benzene rings is 2. The van der Waals surface area contributed by atoms with Crippen LogP contribution in [-0.2, 0) is 10.5 Å². The number of halogens is 1. The summed E-state index contributed by atoms with van der Waals surface area (Å²) in [5.41, 5.74) is 2.72. The van der Waals surface area contributed by atoms with Crippen LogP contribution in [-0.4, -0.2) is 39.4 Å². The lowest BCUT2D eigenvalue weighted by Crippen LogP contribution is -2.12. The largest absolute Gasteiger partial charge is 0.353 e. The molecule has 2 unspecified atom stereocenters. The van der Waals surface area contributed by atoms with Crippen LogP contribution in [0.15, 0.2) is 54.9 Å². The first-order valence-electron chi connectivity index (χ1n) is 7.92. The van der Waals surface area contributed by atoms with Crippen molar-refractivity contribution in [3.8, 4) is 17.1 Å². The molecule has 2 aliphatic rings. The molecule has 2 aromatic carbocycles. The Balaban J connectivity index is 1.42. The average molecular weight is 322 g/mol. The summed E-state index contributed by atoms with van der Waals surface area (Å²) < 4.78 is 20.6. The zero-order valence-electron chi connectivity index (χ0n) is 12.9.